The lowest BCUT2D eigenvalue weighted by Crippen LogP contribution is -1.99. The van der Waals surface area contributed by atoms with Crippen molar-refractivity contribution in [3.63, 3.8) is 0 Å². The van der Waals surface area contributed by atoms with Crippen LogP contribution in [0, 0.1) is 0 Å². The van der Waals surface area contributed by atoms with Crippen LogP contribution in [0.15, 0.2) is 79.1 Å². The standard InChI is InChI=1S/C30H18N6S2/c1-4-11-21-17(8-1)18-16-32-26-25-22(12-7-15-31-25)36(30-34-20-10-3-6-14-24(20)38-30)28(26)27(18)35(21)29-33-19-9-2-5-13-23(19)37-29/h1,3-8,10-16H,2,9H2. The Morgan fingerprint density at radius 2 is 1.55 bits per heavy atom. The van der Waals surface area contributed by atoms with E-state index in [1.54, 1.807) is 22.7 Å². The van der Waals surface area contributed by atoms with Gasteiger partial charge in [-0.05, 0) is 49.2 Å². The molecule has 2 aromatic carbocycles. The topological polar surface area (TPSA) is 61.4 Å². The van der Waals surface area contributed by atoms with E-state index >= 15 is 0 Å². The molecule has 0 amide bonds. The van der Waals surface area contributed by atoms with Crippen LogP contribution in [0.2, 0.25) is 0 Å². The van der Waals surface area contributed by atoms with Crippen LogP contribution in [0.4, 0.5) is 0 Å². The van der Waals surface area contributed by atoms with E-state index in [0.717, 1.165) is 77.2 Å². The summed E-state index contributed by atoms with van der Waals surface area (Å²) in [4.78, 5) is 21.3. The van der Waals surface area contributed by atoms with Crippen LogP contribution in [0.25, 0.3) is 70.4 Å². The zero-order chi connectivity index (χ0) is 24.8. The lowest BCUT2D eigenvalue weighted by atomic mass is 10.1. The maximum Gasteiger partial charge on any atom is 0.195 e. The van der Waals surface area contributed by atoms with Gasteiger partial charge in [-0.15, -0.1) is 0 Å². The first kappa shape index (κ1) is 20.6. The van der Waals surface area contributed by atoms with Gasteiger partial charge in [-0.3, -0.25) is 19.1 Å². The average molecular weight is 527 g/mol. The van der Waals surface area contributed by atoms with Crippen LogP contribution in [-0.2, 0) is 6.42 Å². The predicted molar refractivity (Wildman–Crippen MR) is 157 cm³/mol. The van der Waals surface area contributed by atoms with E-state index in [1.807, 2.05) is 24.5 Å². The molecule has 0 N–H and O–H groups in total. The summed E-state index contributed by atoms with van der Waals surface area (Å²) in [5.74, 6) is 0. The maximum absolute atomic E-state index is 5.16. The number of allylic oxidation sites excluding steroid dienone is 1. The minimum Gasteiger partial charge on any atom is -0.283 e. The molecule has 0 spiro atoms. The first-order valence-corrected chi connectivity index (χ1v) is 14.2. The van der Waals surface area contributed by atoms with Gasteiger partial charge in [0.15, 0.2) is 10.3 Å². The molecule has 6 heterocycles. The Labute approximate surface area is 224 Å². The number of pyridine rings is 2. The third-order valence-corrected chi connectivity index (χ3v) is 9.43. The minimum absolute atomic E-state index is 0.873. The molecule has 0 fully saturated rings. The van der Waals surface area contributed by atoms with E-state index < -0.39 is 0 Å². The Kier molecular flexibility index (Phi) is 4.11. The number of benzene rings is 2. The van der Waals surface area contributed by atoms with Crippen LogP contribution >= 0.6 is 22.7 Å². The first-order chi connectivity index (χ1) is 18.8. The number of aromatic nitrogens is 6. The van der Waals surface area contributed by atoms with Crippen molar-refractivity contribution >= 4 is 82.8 Å². The Balaban J connectivity index is 1.51. The first-order valence-electron chi connectivity index (χ1n) is 12.5. The quantitative estimate of drug-likeness (QED) is 0.232. The second-order valence-electron chi connectivity index (χ2n) is 9.49. The second kappa shape index (κ2) is 7.56. The SMILES string of the molecule is C1=Cc2sc(-n3c4ccccc4c4cnc5c6ncccc6n(-c6nc7ccccc7s6)c5c43)nc2CC1. The van der Waals surface area contributed by atoms with Gasteiger partial charge < -0.3 is 0 Å². The Morgan fingerprint density at radius 1 is 0.711 bits per heavy atom. The van der Waals surface area contributed by atoms with Crippen molar-refractivity contribution in [3.8, 4) is 10.3 Å². The smallest absolute Gasteiger partial charge is 0.195 e. The van der Waals surface area contributed by atoms with Gasteiger partial charge in [0.05, 0.1) is 37.3 Å². The third kappa shape index (κ3) is 2.70. The summed E-state index contributed by atoms with van der Waals surface area (Å²) >= 11 is 3.44. The van der Waals surface area contributed by atoms with Crippen molar-refractivity contribution in [2.24, 2.45) is 0 Å². The minimum atomic E-state index is 0.873. The van der Waals surface area contributed by atoms with E-state index in [2.05, 4.69) is 69.8 Å². The molecule has 0 radical (unpaired) electrons. The summed E-state index contributed by atoms with van der Waals surface area (Å²) in [6, 6.07) is 20.9. The lowest BCUT2D eigenvalue weighted by Gasteiger charge is -2.07. The van der Waals surface area contributed by atoms with Crippen molar-refractivity contribution in [2.45, 2.75) is 12.8 Å². The molecule has 6 aromatic heterocycles. The molecule has 0 bridgehead atoms. The molecule has 1 aliphatic carbocycles. The van der Waals surface area contributed by atoms with Crippen molar-refractivity contribution in [1.29, 1.82) is 0 Å². The molecule has 6 nitrogen and oxygen atoms in total. The van der Waals surface area contributed by atoms with Crippen LogP contribution in [-0.4, -0.2) is 29.1 Å². The Morgan fingerprint density at radius 3 is 2.50 bits per heavy atom. The maximum atomic E-state index is 5.16. The largest absolute Gasteiger partial charge is 0.283 e. The number of aryl methyl sites for hydroxylation is 1. The molecular formula is C30H18N6S2. The van der Waals surface area contributed by atoms with E-state index in [1.165, 1.54) is 10.6 Å². The number of thiazole rings is 2. The molecule has 180 valence electrons. The number of fused-ring (bicyclic) bond motifs is 9. The summed E-state index contributed by atoms with van der Waals surface area (Å²) in [7, 11) is 0. The van der Waals surface area contributed by atoms with Crippen LogP contribution in [0.1, 0.15) is 17.0 Å². The van der Waals surface area contributed by atoms with Gasteiger partial charge in [0.1, 0.15) is 16.6 Å². The van der Waals surface area contributed by atoms with Crippen LogP contribution in [0.3, 0.4) is 0 Å². The summed E-state index contributed by atoms with van der Waals surface area (Å²) in [5, 5.41) is 4.15. The second-order valence-corrected chi connectivity index (χ2v) is 11.5. The van der Waals surface area contributed by atoms with Gasteiger partial charge in [-0.1, -0.05) is 59.1 Å². The number of hydrogen-bond donors (Lipinski definition) is 0. The Hall–Kier alpha value is -4.40. The number of para-hydroxylation sites is 2. The molecule has 0 saturated carbocycles. The number of rotatable bonds is 2. The van der Waals surface area contributed by atoms with Crippen LogP contribution < -0.4 is 0 Å². The van der Waals surface area contributed by atoms with E-state index in [4.69, 9.17) is 19.9 Å². The summed E-state index contributed by atoms with van der Waals surface area (Å²) in [6.45, 7) is 0. The summed E-state index contributed by atoms with van der Waals surface area (Å²) < 4.78 is 5.73. The zero-order valence-corrected chi connectivity index (χ0v) is 21.6. The van der Waals surface area contributed by atoms with Gasteiger partial charge >= 0.3 is 0 Å². The fourth-order valence-electron chi connectivity index (χ4n) is 5.72. The van der Waals surface area contributed by atoms with Crippen molar-refractivity contribution in [1.82, 2.24) is 29.1 Å². The number of hydrogen-bond acceptors (Lipinski definition) is 6. The van der Waals surface area contributed by atoms with Crippen molar-refractivity contribution < 1.29 is 0 Å². The normalized spacial score (nSPS) is 13.5. The molecule has 8 heteroatoms. The van der Waals surface area contributed by atoms with E-state index in [9.17, 15) is 0 Å². The van der Waals surface area contributed by atoms with Gasteiger partial charge in [-0.2, -0.15) is 0 Å². The van der Waals surface area contributed by atoms with E-state index in [0.29, 0.717) is 0 Å². The fourth-order valence-corrected chi connectivity index (χ4v) is 7.77. The molecule has 8 aromatic rings. The van der Waals surface area contributed by atoms with E-state index in [-0.39, 0.29) is 0 Å². The van der Waals surface area contributed by atoms with Gasteiger partial charge in [0.25, 0.3) is 0 Å². The molecular weight excluding hydrogens is 509 g/mol. The van der Waals surface area contributed by atoms with Gasteiger partial charge in [0, 0.05) is 23.2 Å². The fraction of sp³-hybridized carbons (Fsp3) is 0.0667. The van der Waals surface area contributed by atoms with Crippen molar-refractivity contribution in [3.05, 3.63) is 89.7 Å². The highest BCUT2D eigenvalue weighted by Crippen LogP contribution is 2.42. The molecule has 38 heavy (non-hydrogen) atoms. The van der Waals surface area contributed by atoms with Gasteiger partial charge in [0.2, 0.25) is 0 Å². The molecule has 0 unspecified atom stereocenters. The lowest BCUT2D eigenvalue weighted by molar-refractivity contribution is 0.934. The molecule has 0 atom stereocenters. The summed E-state index contributed by atoms with van der Waals surface area (Å²) in [5.41, 5.74) is 8.14. The molecule has 0 aliphatic heterocycles. The highest BCUT2D eigenvalue weighted by molar-refractivity contribution is 7.20. The Bertz CT molecular complexity index is 2230. The van der Waals surface area contributed by atoms with Gasteiger partial charge in [-0.25, -0.2) is 9.97 Å². The predicted octanol–water partition coefficient (Wildman–Crippen LogP) is 7.70. The highest BCUT2D eigenvalue weighted by atomic mass is 32.1. The van der Waals surface area contributed by atoms with Crippen molar-refractivity contribution in [2.75, 3.05) is 0 Å². The van der Waals surface area contributed by atoms with Crippen LogP contribution in [0.5, 0.6) is 0 Å². The molecule has 9 rings (SSSR count). The highest BCUT2D eigenvalue weighted by Gasteiger charge is 2.25. The monoisotopic (exact) mass is 526 g/mol. The molecule has 1 aliphatic rings. The third-order valence-electron chi connectivity index (χ3n) is 7.36. The average Bonchev–Trinajstić information content (AvgIpc) is 3.72. The number of nitrogens with zero attached hydrogens (tertiary/aromatic N) is 6. The summed E-state index contributed by atoms with van der Waals surface area (Å²) in [6.07, 6.45) is 10.3. The molecule has 0 saturated heterocycles. The zero-order valence-electron chi connectivity index (χ0n) is 20.0.